The minimum Gasteiger partial charge on any atom is -0.328 e. The molecule has 0 atom stereocenters. The van der Waals surface area contributed by atoms with Crippen molar-refractivity contribution in [1.29, 1.82) is 0 Å². The van der Waals surface area contributed by atoms with E-state index in [4.69, 9.17) is 18.4 Å². The molecule has 0 saturated heterocycles. The second kappa shape index (κ2) is 6.58. The third-order valence-electron chi connectivity index (χ3n) is 0. The summed E-state index contributed by atoms with van der Waals surface area (Å²) < 4.78 is 25.3. The standard InChI is InChI=1S/C3H9N.O3S/c1-3(2)4;1-4(2)3/h3H,4H2,1-2H3;. The zero-order valence-corrected chi connectivity index (χ0v) is 5.60. The lowest BCUT2D eigenvalue weighted by molar-refractivity contribution is 0.559. The zero-order chi connectivity index (χ0) is 7.15. The minimum atomic E-state index is -3.11. The molecule has 0 amide bonds. The van der Waals surface area contributed by atoms with E-state index in [1.807, 2.05) is 13.8 Å². The molecule has 0 unspecified atom stereocenters. The Morgan fingerprint density at radius 2 is 1.25 bits per heavy atom. The average Bonchev–Trinajstić information content (AvgIpc) is 1.25. The summed E-state index contributed by atoms with van der Waals surface area (Å²) in [7, 11) is -3.11. The third-order valence-corrected chi connectivity index (χ3v) is 0. The first-order valence-electron chi connectivity index (χ1n) is 1.99. The van der Waals surface area contributed by atoms with E-state index in [-0.39, 0.29) is 0 Å². The summed E-state index contributed by atoms with van der Waals surface area (Å²) in [6, 6.07) is 0.333. The molecule has 0 spiro atoms. The third kappa shape index (κ3) is 664. The largest absolute Gasteiger partial charge is 0.425 e. The summed E-state index contributed by atoms with van der Waals surface area (Å²) in [5.74, 6) is 0. The van der Waals surface area contributed by atoms with Crippen molar-refractivity contribution in [3.05, 3.63) is 0 Å². The molecule has 5 heteroatoms. The lowest BCUT2D eigenvalue weighted by Crippen LogP contribution is -2.06. The van der Waals surface area contributed by atoms with Crippen molar-refractivity contribution in [3.63, 3.8) is 0 Å². The Labute approximate surface area is 49.8 Å². The van der Waals surface area contributed by atoms with Crippen molar-refractivity contribution in [2.24, 2.45) is 5.73 Å². The molecule has 50 valence electrons. The highest BCUT2D eigenvalue weighted by Gasteiger charge is 1.67. The van der Waals surface area contributed by atoms with Gasteiger partial charge in [-0.1, -0.05) is 13.8 Å². The smallest absolute Gasteiger partial charge is 0.328 e. The van der Waals surface area contributed by atoms with Gasteiger partial charge in [0, 0.05) is 0 Å². The van der Waals surface area contributed by atoms with Gasteiger partial charge in [0.25, 0.3) is 0 Å². The van der Waals surface area contributed by atoms with Gasteiger partial charge in [0.1, 0.15) is 0 Å². The van der Waals surface area contributed by atoms with Crippen LogP contribution in [0, 0.1) is 0 Å². The van der Waals surface area contributed by atoms with Gasteiger partial charge in [-0.3, -0.25) is 0 Å². The summed E-state index contributed by atoms with van der Waals surface area (Å²) >= 11 is 0. The van der Waals surface area contributed by atoms with Gasteiger partial charge in [-0.15, -0.1) is 12.6 Å². The molecule has 2 N–H and O–H groups in total. The van der Waals surface area contributed by atoms with E-state index in [2.05, 4.69) is 0 Å². The van der Waals surface area contributed by atoms with Crippen LogP contribution in [0.1, 0.15) is 13.8 Å². The summed E-state index contributed by atoms with van der Waals surface area (Å²) in [6.45, 7) is 3.89. The van der Waals surface area contributed by atoms with Gasteiger partial charge in [0.05, 0.1) is 0 Å². The molecule has 0 aliphatic rings. The minimum absolute atomic E-state index is 0.333. The predicted octanol–water partition coefficient (Wildman–Crippen LogP) is -0.651. The maximum absolute atomic E-state index is 8.44. The highest BCUT2D eigenvalue weighted by Crippen LogP contribution is 1.58. The fraction of sp³-hybridized carbons (Fsp3) is 1.00. The number of hydrogen-bond acceptors (Lipinski definition) is 4. The average molecular weight is 139 g/mol. The molecule has 0 aromatic rings. The summed E-state index contributed by atoms with van der Waals surface area (Å²) in [6.07, 6.45) is 0. The molecule has 0 bridgehead atoms. The van der Waals surface area contributed by atoms with Gasteiger partial charge < -0.3 is 5.73 Å². The SMILES string of the molecule is CC(C)N.O=S(=O)=O. The molecule has 0 aromatic heterocycles. The maximum Gasteiger partial charge on any atom is 0.425 e. The molecule has 0 saturated carbocycles. The second-order valence-corrected chi connectivity index (χ2v) is 1.86. The monoisotopic (exact) mass is 139 g/mol. The highest BCUT2D eigenvalue weighted by atomic mass is 32.2. The van der Waals surface area contributed by atoms with E-state index < -0.39 is 10.6 Å². The fourth-order valence-electron chi connectivity index (χ4n) is 0. The number of rotatable bonds is 0. The fourth-order valence-corrected chi connectivity index (χ4v) is 0. The van der Waals surface area contributed by atoms with Gasteiger partial charge in [-0.2, -0.15) is 0 Å². The van der Waals surface area contributed by atoms with Crippen molar-refractivity contribution in [3.8, 4) is 0 Å². The van der Waals surface area contributed by atoms with Crippen molar-refractivity contribution >= 4 is 10.6 Å². The van der Waals surface area contributed by atoms with Crippen molar-refractivity contribution in [1.82, 2.24) is 0 Å². The van der Waals surface area contributed by atoms with Crippen LogP contribution in [0.4, 0.5) is 0 Å². The van der Waals surface area contributed by atoms with Crippen LogP contribution >= 0.6 is 0 Å². The molecule has 0 rings (SSSR count). The Balaban J connectivity index is 0. The Morgan fingerprint density at radius 1 is 1.25 bits per heavy atom. The Morgan fingerprint density at radius 3 is 1.25 bits per heavy atom. The van der Waals surface area contributed by atoms with Crippen LogP contribution in [0.15, 0.2) is 0 Å². The zero-order valence-electron chi connectivity index (χ0n) is 4.79. The molecule has 0 radical (unpaired) electrons. The summed E-state index contributed by atoms with van der Waals surface area (Å²) in [5.41, 5.74) is 5.11. The molecular formula is C3H9NO3S. The molecule has 0 fully saturated rings. The summed E-state index contributed by atoms with van der Waals surface area (Å²) in [5, 5.41) is 0. The van der Waals surface area contributed by atoms with E-state index in [1.54, 1.807) is 0 Å². The molecular weight excluding hydrogens is 130 g/mol. The maximum atomic E-state index is 8.44. The highest BCUT2D eigenvalue weighted by molar-refractivity contribution is 7.59. The molecule has 8 heavy (non-hydrogen) atoms. The van der Waals surface area contributed by atoms with E-state index in [0.29, 0.717) is 6.04 Å². The normalized spacial score (nSPS) is 7.50. The topological polar surface area (TPSA) is 77.2 Å². The Kier molecular flexibility index (Phi) is 8.67. The lowest BCUT2D eigenvalue weighted by atomic mass is 10.5. The van der Waals surface area contributed by atoms with E-state index >= 15 is 0 Å². The van der Waals surface area contributed by atoms with Crippen LogP contribution in [0.25, 0.3) is 0 Å². The summed E-state index contributed by atoms with van der Waals surface area (Å²) in [4.78, 5) is 0. The van der Waals surface area contributed by atoms with Crippen LogP contribution in [0.5, 0.6) is 0 Å². The Bertz CT molecular complexity index is 112. The number of nitrogens with two attached hydrogens (primary N) is 1. The van der Waals surface area contributed by atoms with E-state index in [1.165, 1.54) is 0 Å². The first kappa shape index (κ1) is 10.5. The van der Waals surface area contributed by atoms with Crippen LogP contribution in [-0.4, -0.2) is 18.7 Å². The lowest BCUT2D eigenvalue weighted by Gasteiger charge is -1.81. The first-order valence-corrected chi connectivity index (χ1v) is 2.99. The van der Waals surface area contributed by atoms with E-state index in [0.717, 1.165) is 0 Å². The molecule has 0 aromatic carbocycles. The first-order chi connectivity index (χ1) is 3.46. The van der Waals surface area contributed by atoms with Gasteiger partial charge >= 0.3 is 10.6 Å². The molecule has 0 aliphatic heterocycles. The van der Waals surface area contributed by atoms with Crippen molar-refractivity contribution < 1.29 is 12.6 Å². The molecule has 4 nitrogen and oxygen atoms in total. The van der Waals surface area contributed by atoms with E-state index in [9.17, 15) is 0 Å². The van der Waals surface area contributed by atoms with Gasteiger partial charge in [0.2, 0.25) is 0 Å². The van der Waals surface area contributed by atoms with Crippen LogP contribution in [-0.2, 0) is 10.6 Å². The Hall–Kier alpha value is -0.420. The van der Waals surface area contributed by atoms with Crippen LogP contribution in [0.2, 0.25) is 0 Å². The second-order valence-electron chi connectivity index (χ2n) is 1.45. The van der Waals surface area contributed by atoms with Gasteiger partial charge in [-0.05, 0) is 6.04 Å². The van der Waals surface area contributed by atoms with Gasteiger partial charge in [-0.25, -0.2) is 0 Å². The predicted molar refractivity (Wildman–Crippen MR) is 29.0 cm³/mol. The number of hydrogen-bond donors (Lipinski definition) is 1. The molecule has 0 heterocycles. The van der Waals surface area contributed by atoms with Crippen molar-refractivity contribution in [2.75, 3.05) is 0 Å². The van der Waals surface area contributed by atoms with Crippen LogP contribution < -0.4 is 5.73 Å². The van der Waals surface area contributed by atoms with Crippen molar-refractivity contribution in [2.45, 2.75) is 19.9 Å². The van der Waals surface area contributed by atoms with Gasteiger partial charge in [0.15, 0.2) is 0 Å². The van der Waals surface area contributed by atoms with Crippen LogP contribution in [0.3, 0.4) is 0 Å². The quantitative estimate of drug-likeness (QED) is 0.483. The molecule has 0 aliphatic carbocycles.